The molecule has 0 radical (unpaired) electrons. The molecule has 0 fully saturated rings. The van der Waals surface area contributed by atoms with Gasteiger partial charge in [0.2, 0.25) is 0 Å². The van der Waals surface area contributed by atoms with Gasteiger partial charge >= 0.3 is 0 Å². The molecule has 0 unspecified atom stereocenters. The van der Waals surface area contributed by atoms with Crippen LogP contribution in [0, 0.1) is 6.92 Å². The van der Waals surface area contributed by atoms with Crippen LogP contribution in [-0.2, 0) is 4.79 Å². The summed E-state index contributed by atoms with van der Waals surface area (Å²) >= 11 is 0. The smallest absolute Gasteiger partial charge is 0.261 e. The molecule has 0 aromatic heterocycles. The summed E-state index contributed by atoms with van der Waals surface area (Å²) in [6.45, 7) is 5.76. The molecule has 1 amide bonds. The van der Waals surface area contributed by atoms with Crippen LogP contribution in [0.2, 0.25) is 0 Å². The molecule has 2 aromatic rings. The lowest BCUT2D eigenvalue weighted by atomic mass is 10.0. The van der Waals surface area contributed by atoms with Gasteiger partial charge in [0, 0.05) is 0 Å². The molecule has 140 valence electrons. The quantitative estimate of drug-likeness (QED) is 0.774. The van der Waals surface area contributed by atoms with Crippen LogP contribution in [-0.4, -0.2) is 26.2 Å². The SMILES string of the molecule is CC[C@H](NC(=O)[C@@H](C)Oc1cccc(C)c1)c1ccc(OC)c(OC)c1. The number of ether oxygens (including phenoxy) is 3. The second-order valence-corrected chi connectivity index (χ2v) is 6.16. The second-order valence-electron chi connectivity index (χ2n) is 6.16. The molecule has 1 N–H and O–H groups in total. The van der Waals surface area contributed by atoms with Crippen molar-refractivity contribution in [2.75, 3.05) is 14.2 Å². The first kappa shape index (κ1) is 19.6. The Morgan fingerprint density at radius 3 is 2.42 bits per heavy atom. The largest absolute Gasteiger partial charge is 0.493 e. The van der Waals surface area contributed by atoms with Gasteiger partial charge in [-0.1, -0.05) is 25.1 Å². The maximum Gasteiger partial charge on any atom is 0.261 e. The Hall–Kier alpha value is -2.69. The van der Waals surface area contributed by atoms with Crippen molar-refractivity contribution in [3.8, 4) is 17.2 Å². The van der Waals surface area contributed by atoms with Gasteiger partial charge in [-0.15, -0.1) is 0 Å². The van der Waals surface area contributed by atoms with Crippen LogP contribution in [0.3, 0.4) is 0 Å². The minimum absolute atomic E-state index is 0.133. The summed E-state index contributed by atoms with van der Waals surface area (Å²) in [4.78, 5) is 12.6. The van der Waals surface area contributed by atoms with Crippen LogP contribution in [0.25, 0.3) is 0 Å². The molecule has 2 rings (SSSR count). The first-order valence-corrected chi connectivity index (χ1v) is 8.74. The van der Waals surface area contributed by atoms with E-state index in [-0.39, 0.29) is 11.9 Å². The zero-order valence-corrected chi connectivity index (χ0v) is 16.0. The second kappa shape index (κ2) is 9.13. The predicted octanol–water partition coefficient (Wildman–Crippen LogP) is 4.05. The third-order valence-corrected chi connectivity index (χ3v) is 4.21. The molecular weight excluding hydrogens is 330 g/mol. The predicted molar refractivity (Wildman–Crippen MR) is 102 cm³/mol. The van der Waals surface area contributed by atoms with Crippen LogP contribution in [0.5, 0.6) is 17.2 Å². The van der Waals surface area contributed by atoms with Crippen molar-refractivity contribution >= 4 is 5.91 Å². The summed E-state index contributed by atoms with van der Waals surface area (Å²) in [5, 5.41) is 3.05. The van der Waals surface area contributed by atoms with Crippen molar-refractivity contribution in [3.63, 3.8) is 0 Å². The number of nitrogens with one attached hydrogen (secondary N) is 1. The molecule has 2 atom stereocenters. The van der Waals surface area contributed by atoms with E-state index in [0.717, 1.165) is 17.5 Å². The molecule has 5 heteroatoms. The Morgan fingerprint density at radius 2 is 1.81 bits per heavy atom. The number of methoxy groups -OCH3 is 2. The van der Waals surface area contributed by atoms with Gasteiger partial charge in [-0.05, 0) is 55.7 Å². The van der Waals surface area contributed by atoms with E-state index < -0.39 is 6.10 Å². The first-order valence-electron chi connectivity index (χ1n) is 8.74. The minimum Gasteiger partial charge on any atom is -0.493 e. The van der Waals surface area contributed by atoms with Crippen LogP contribution in [0.1, 0.15) is 37.4 Å². The third-order valence-electron chi connectivity index (χ3n) is 4.21. The van der Waals surface area contributed by atoms with E-state index in [0.29, 0.717) is 17.2 Å². The summed E-state index contributed by atoms with van der Waals surface area (Å²) in [5.41, 5.74) is 2.05. The van der Waals surface area contributed by atoms with Gasteiger partial charge in [-0.2, -0.15) is 0 Å². The van der Waals surface area contributed by atoms with Crippen molar-refractivity contribution in [3.05, 3.63) is 53.6 Å². The van der Waals surface area contributed by atoms with Crippen LogP contribution < -0.4 is 19.5 Å². The Bertz CT molecular complexity index is 745. The van der Waals surface area contributed by atoms with Crippen LogP contribution in [0.4, 0.5) is 0 Å². The lowest BCUT2D eigenvalue weighted by molar-refractivity contribution is -0.128. The molecule has 26 heavy (non-hydrogen) atoms. The highest BCUT2D eigenvalue weighted by Crippen LogP contribution is 2.31. The number of aryl methyl sites for hydroxylation is 1. The molecule has 0 aliphatic rings. The molecule has 0 aliphatic carbocycles. The average molecular weight is 357 g/mol. The Morgan fingerprint density at radius 1 is 1.08 bits per heavy atom. The van der Waals surface area contributed by atoms with Gasteiger partial charge in [0.1, 0.15) is 5.75 Å². The Kier molecular flexibility index (Phi) is 6.89. The summed E-state index contributed by atoms with van der Waals surface area (Å²) in [5.74, 6) is 1.83. The van der Waals surface area contributed by atoms with Crippen molar-refractivity contribution in [1.29, 1.82) is 0 Å². The fourth-order valence-corrected chi connectivity index (χ4v) is 2.73. The molecule has 2 aromatic carbocycles. The summed E-state index contributed by atoms with van der Waals surface area (Å²) in [6, 6.07) is 13.2. The maximum atomic E-state index is 12.6. The van der Waals surface area contributed by atoms with E-state index >= 15 is 0 Å². The zero-order valence-electron chi connectivity index (χ0n) is 16.0. The molecule has 0 spiro atoms. The number of hydrogen-bond acceptors (Lipinski definition) is 4. The lowest BCUT2D eigenvalue weighted by Crippen LogP contribution is -2.38. The number of hydrogen-bond donors (Lipinski definition) is 1. The molecule has 0 heterocycles. The van der Waals surface area contributed by atoms with Gasteiger partial charge < -0.3 is 19.5 Å². The lowest BCUT2D eigenvalue weighted by Gasteiger charge is -2.22. The standard InChI is InChI=1S/C21H27NO4/c1-6-18(16-10-11-19(24-4)20(13-16)25-5)22-21(23)15(3)26-17-9-7-8-14(2)12-17/h7-13,15,18H,6H2,1-5H3,(H,22,23)/t15-,18+/m1/s1. The first-order chi connectivity index (χ1) is 12.5. The van der Waals surface area contributed by atoms with E-state index in [1.165, 1.54) is 0 Å². The van der Waals surface area contributed by atoms with Crippen LogP contribution in [0.15, 0.2) is 42.5 Å². The maximum absolute atomic E-state index is 12.6. The van der Waals surface area contributed by atoms with Crippen molar-refractivity contribution < 1.29 is 19.0 Å². The fourth-order valence-electron chi connectivity index (χ4n) is 2.73. The summed E-state index contributed by atoms with van der Waals surface area (Å²) in [7, 11) is 3.19. The zero-order chi connectivity index (χ0) is 19.1. The highest BCUT2D eigenvalue weighted by Gasteiger charge is 2.20. The van der Waals surface area contributed by atoms with E-state index in [1.807, 2.05) is 56.3 Å². The van der Waals surface area contributed by atoms with E-state index in [1.54, 1.807) is 21.1 Å². The van der Waals surface area contributed by atoms with Gasteiger partial charge in [0.15, 0.2) is 17.6 Å². The molecule has 5 nitrogen and oxygen atoms in total. The van der Waals surface area contributed by atoms with Gasteiger partial charge in [0.05, 0.1) is 20.3 Å². The fraction of sp³-hybridized carbons (Fsp3) is 0.381. The minimum atomic E-state index is -0.592. The number of rotatable bonds is 8. The molecule has 0 saturated carbocycles. The number of carbonyl (C=O) groups excluding carboxylic acids is 1. The van der Waals surface area contributed by atoms with Crippen LogP contribution >= 0.6 is 0 Å². The highest BCUT2D eigenvalue weighted by atomic mass is 16.5. The molecular formula is C21H27NO4. The number of carbonyl (C=O) groups is 1. The number of benzene rings is 2. The molecule has 0 saturated heterocycles. The van der Waals surface area contributed by atoms with Gasteiger partial charge in [0.25, 0.3) is 5.91 Å². The summed E-state index contributed by atoms with van der Waals surface area (Å²) < 4.78 is 16.4. The van der Waals surface area contributed by atoms with Crippen molar-refractivity contribution in [1.82, 2.24) is 5.32 Å². The summed E-state index contributed by atoms with van der Waals surface area (Å²) in [6.07, 6.45) is 0.157. The normalized spacial score (nSPS) is 12.8. The Balaban J connectivity index is 2.07. The number of amides is 1. The van der Waals surface area contributed by atoms with Crippen molar-refractivity contribution in [2.45, 2.75) is 39.3 Å². The monoisotopic (exact) mass is 357 g/mol. The molecule has 0 aliphatic heterocycles. The Labute approximate surface area is 155 Å². The van der Waals surface area contributed by atoms with Crippen molar-refractivity contribution in [2.24, 2.45) is 0 Å². The highest BCUT2D eigenvalue weighted by molar-refractivity contribution is 5.81. The van der Waals surface area contributed by atoms with E-state index in [9.17, 15) is 4.79 Å². The van der Waals surface area contributed by atoms with E-state index in [4.69, 9.17) is 14.2 Å². The van der Waals surface area contributed by atoms with E-state index in [2.05, 4.69) is 5.32 Å². The van der Waals surface area contributed by atoms with Gasteiger partial charge in [-0.3, -0.25) is 4.79 Å². The average Bonchev–Trinajstić information content (AvgIpc) is 2.65. The third kappa shape index (κ3) is 4.91. The molecule has 0 bridgehead atoms. The van der Waals surface area contributed by atoms with Gasteiger partial charge in [-0.25, -0.2) is 0 Å². The topological polar surface area (TPSA) is 56.8 Å².